The third-order valence-corrected chi connectivity index (χ3v) is 6.52. The van der Waals surface area contributed by atoms with Gasteiger partial charge in [0.1, 0.15) is 0 Å². The molecule has 3 aromatic carbocycles. The molecule has 0 saturated carbocycles. The molecule has 2 unspecified atom stereocenters. The quantitative estimate of drug-likeness (QED) is 0.563. The van der Waals surface area contributed by atoms with Crippen molar-refractivity contribution in [3.8, 4) is 0 Å². The van der Waals surface area contributed by atoms with Gasteiger partial charge in [-0.25, -0.2) is 0 Å². The second kappa shape index (κ2) is 5.86. The van der Waals surface area contributed by atoms with Crippen LogP contribution >= 0.6 is 0 Å². The van der Waals surface area contributed by atoms with Crippen LogP contribution in [0.1, 0.15) is 16.4 Å². The van der Waals surface area contributed by atoms with Gasteiger partial charge < -0.3 is 0 Å². The molecule has 0 spiro atoms. The molecular weight excluding hydrogens is 284 g/mol. The fourth-order valence-electron chi connectivity index (χ4n) is 2.88. The monoisotopic (exact) mass is 301 g/mol. The van der Waals surface area contributed by atoms with Crippen LogP contribution in [0.3, 0.4) is 0 Å². The second-order valence-corrected chi connectivity index (χ2v) is 7.47. The zero-order valence-corrected chi connectivity index (χ0v) is 13.0. The highest BCUT2D eigenvalue weighted by Gasteiger charge is 2.46. The Hall–Kier alpha value is -2.25. The summed E-state index contributed by atoms with van der Waals surface area (Å²) in [6, 6.07) is 32.5. The minimum atomic E-state index is 0.124. The summed E-state index contributed by atoms with van der Waals surface area (Å²) in [6.45, 7) is 0. The second-order valence-electron chi connectivity index (χ2n) is 5.38. The fraction of sp³-hybridized carbons (Fsp3) is 0.0476. The van der Waals surface area contributed by atoms with Gasteiger partial charge in [-0.2, -0.15) is 0 Å². The zero-order chi connectivity index (χ0) is 14.8. The Kier molecular flexibility index (Phi) is 3.57. The summed E-state index contributed by atoms with van der Waals surface area (Å²) < 4.78 is 0. The molecule has 1 aliphatic heterocycles. The van der Waals surface area contributed by atoms with Crippen molar-refractivity contribution in [1.29, 1.82) is 0 Å². The first kappa shape index (κ1) is 13.4. The van der Waals surface area contributed by atoms with Crippen LogP contribution in [0.4, 0.5) is 0 Å². The molecule has 1 heteroatoms. The summed E-state index contributed by atoms with van der Waals surface area (Å²) in [7, 11) is 0.124. The van der Waals surface area contributed by atoms with Crippen LogP contribution in [0, 0.1) is 0 Å². The number of hydrogen-bond acceptors (Lipinski definition) is 0. The van der Waals surface area contributed by atoms with Crippen LogP contribution in [0.25, 0.3) is 4.91 Å². The summed E-state index contributed by atoms with van der Waals surface area (Å²) in [5, 5.41) is 0.499. The van der Waals surface area contributed by atoms with E-state index < -0.39 is 0 Å². The fourth-order valence-corrected chi connectivity index (χ4v) is 5.30. The first-order chi connectivity index (χ1) is 10.9. The molecule has 3 aromatic rings. The van der Waals surface area contributed by atoms with Gasteiger partial charge in [-0.3, -0.25) is 0 Å². The molecule has 106 valence electrons. The number of hydrogen-bond donors (Lipinski definition) is 0. The molecule has 0 fully saturated rings. The van der Waals surface area contributed by atoms with E-state index in [0.29, 0.717) is 5.25 Å². The van der Waals surface area contributed by atoms with E-state index in [-0.39, 0.29) is 10.9 Å². The lowest BCUT2D eigenvalue weighted by molar-refractivity contribution is 1.18. The lowest BCUT2D eigenvalue weighted by Gasteiger charge is -2.26. The minimum Gasteiger partial charge on any atom is -0.0622 e. The normalized spacial score (nSPS) is 20.1. The van der Waals surface area contributed by atoms with Crippen LogP contribution in [0.2, 0.25) is 0 Å². The maximum absolute atomic E-state index is 2.43. The predicted molar refractivity (Wildman–Crippen MR) is 95.7 cm³/mol. The highest BCUT2D eigenvalue weighted by molar-refractivity contribution is 8.07. The van der Waals surface area contributed by atoms with E-state index >= 15 is 0 Å². The lowest BCUT2D eigenvalue weighted by Crippen LogP contribution is -2.23. The number of rotatable bonds is 3. The Morgan fingerprint density at radius 2 is 1.14 bits per heavy atom. The van der Waals surface area contributed by atoms with Crippen molar-refractivity contribution in [3.63, 3.8) is 0 Å². The molecule has 2 atom stereocenters. The van der Waals surface area contributed by atoms with E-state index in [9.17, 15) is 0 Å². The van der Waals surface area contributed by atoms with Gasteiger partial charge in [-0.05, 0) is 24.3 Å². The molecule has 1 aliphatic rings. The van der Waals surface area contributed by atoms with Crippen molar-refractivity contribution < 1.29 is 0 Å². The third kappa shape index (κ3) is 2.38. The SMILES string of the molecule is C1=C(c2ccccc2)[S+](c2ccccc2)C1c1ccccc1. The van der Waals surface area contributed by atoms with E-state index in [4.69, 9.17) is 0 Å². The van der Waals surface area contributed by atoms with Crippen molar-refractivity contribution in [2.24, 2.45) is 0 Å². The van der Waals surface area contributed by atoms with Crippen LogP contribution in [-0.4, -0.2) is 0 Å². The molecule has 0 nitrogen and oxygen atoms in total. The van der Waals surface area contributed by atoms with Gasteiger partial charge in [0.25, 0.3) is 0 Å². The molecule has 0 amide bonds. The predicted octanol–water partition coefficient (Wildman–Crippen LogP) is 5.46. The standard InChI is InChI=1S/C21H17S/c1-4-10-17(11-5-1)20-16-21(18-12-6-2-7-13-18)22(20)19-14-8-3-9-15-19/h1-16,20H/q+1. The smallest absolute Gasteiger partial charge is 0.0622 e. The maximum Gasteiger partial charge on any atom is 0.177 e. The van der Waals surface area contributed by atoms with E-state index in [1.54, 1.807) is 0 Å². The van der Waals surface area contributed by atoms with E-state index in [1.807, 2.05) is 0 Å². The average molecular weight is 301 g/mol. The van der Waals surface area contributed by atoms with Gasteiger partial charge in [-0.15, -0.1) is 0 Å². The van der Waals surface area contributed by atoms with Crippen molar-refractivity contribution >= 4 is 15.8 Å². The molecule has 0 aliphatic carbocycles. The van der Waals surface area contributed by atoms with Crippen LogP contribution in [0.5, 0.6) is 0 Å². The van der Waals surface area contributed by atoms with Crippen LogP contribution in [-0.2, 0) is 10.9 Å². The van der Waals surface area contributed by atoms with Gasteiger partial charge in [0, 0.05) is 17.2 Å². The van der Waals surface area contributed by atoms with Gasteiger partial charge in [-0.1, -0.05) is 66.7 Å². The lowest BCUT2D eigenvalue weighted by atomic mass is 10.1. The zero-order valence-electron chi connectivity index (χ0n) is 12.2. The molecular formula is C21H17S+. The van der Waals surface area contributed by atoms with Gasteiger partial charge >= 0.3 is 0 Å². The van der Waals surface area contributed by atoms with Crippen molar-refractivity contribution in [3.05, 3.63) is 108 Å². The Labute approximate surface area is 134 Å². The summed E-state index contributed by atoms with van der Waals surface area (Å²) in [5.41, 5.74) is 2.76. The molecule has 4 rings (SSSR count). The highest BCUT2D eigenvalue weighted by Crippen LogP contribution is 2.50. The molecule has 0 saturated heterocycles. The van der Waals surface area contributed by atoms with Gasteiger partial charge in [0.15, 0.2) is 15.1 Å². The molecule has 0 bridgehead atoms. The topological polar surface area (TPSA) is 0 Å². The Balaban J connectivity index is 1.78. The van der Waals surface area contributed by atoms with Gasteiger partial charge in [0.05, 0.1) is 10.9 Å². The first-order valence-corrected chi connectivity index (χ1v) is 8.82. The minimum absolute atomic E-state index is 0.124. The summed E-state index contributed by atoms with van der Waals surface area (Å²) >= 11 is 0. The molecule has 0 N–H and O–H groups in total. The third-order valence-electron chi connectivity index (χ3n) is 3.98. The van der Waals surface area contributed by atoms with Crippen molar-refractivity contribution in [2.75, 3.05) is 0 Å². The van der Waals surface area contributed by atoms with Crippen LogP contribution < -0.4 is 0 Å². The summed E-state index contributed by atoms with van der Waals surface area (Å²) in [6.07, 6.45) is 2.43. The number of benzene rings is 3. The highest BCUT2D eigenvalue weighted by atomic mass is 32.2. The Morgan fingerprint density at radius 1 is 0.591 bits per heavy atom. The van der Waals surface area contributed by atoms with Gasteiger partial charge in [0.2, 0.25) is 0 Å². The Bertz CT molecular complexity index is 776. The average Bonchev–Trinajstić information content (AvgIpc) is 2.57. The molecule has 1 heterocycles. The molecule has 22 heavy (non-hydrogen) atoms. The summed E-state index contributed by atoms with van der Waals surface area (Å²) in [5.74, 6) is 0. The van der Waals surface area contributed by atoms with Crippen molar-refractivity contribution in [2.45, 2.75) is 10.1 Å². The summed E-state index contributed by atoms with van der Waals surface area (Å²) in [4.78, 5) is 2.90. The molecule has 0 radical (unpaired) electrons. The Morgan fingerprint density at radius 3 is 1.77 bits per heavy atom. The van der Waals surface area contributed by atoms with E-state index in [0.717, 1.165) is 0 Å². The van der Waals surface area contributed by atoms with E-state index in [1.165, 1.54) is 20.9 Å². The van der Waals surface area contributed by atoms with E-state index in [2.05, 4.69) is 97.1 Å². The molecule has 0 aromatic heterocycles. The maximum atomic E-state index is 2.43. The van der Waals surface area contributed by atoms with Crippen LogP contribution in [0.15, 0.2) is 102 Å². The van der Waals surface area contributed by atoms with Crippen molar-refractivity contribution in [1.82, 2.24) is 0 Å². The largest absolute Gasteiger partial charge is 0.177 e. The first-order valence-electron chi connectivity index (χ1n) is 7.54.